The van der Waals surface area contributed by atoms with Gasteiger partial charge in [0, 0.05) is 13.1 Å². The van der Waals surface area contributed by atoms with Crippen LogP contribution in [-0.4, -0.2) is 76.2 Å². The molecule has 0 atom stereocenters. The highest BCUT2D eigenvalue weighted by Gasteiger charge is 2.14. The van der Waals surface area contributed by atoms with Crippen molar-refractivity contribution in [2.45, 2.75) is 0 Å². The molecule has 2 N–H and O–H groups in total. The SMILES string of the molecule is CN(C)CCOC(=O)c1ccccc1N/N=c1/ccc(=O)/c(=N/Nc2ccccc2C(=O)OCCN(C)C)c1=O. The van der Waals surface area contributed by atoms with E-state index >= 15 is 0 Å². The van der Waals surface area contributed by atoms with Crippen LogP contribution in [0.2, 0.25) is 0 Å². The summed E-state index contributed by atoms with van der Waals surface area (Å²) in [6.07, 6.45) is 0. The predicted octanol–water partition coefficient (Wildman–Crippen LogP) is 0.575. The van der Waals surface area contributed by atoms with Gasteiger partial charge in [-0.1, -0.05) is 24.3 Å². The average molecular weight is 549 g/mol. The first-order valence-electron chi connectivity index (χ1n) is 12.4. The molecule has 3 aromatic carbocycles. The van der Waals surface area contributed by atoms with Gasteiger partial charge in [0.2, 0.25) is 10.9 Å². The number of nitrogens with zero attached hydrogens (tertiary/aromatic N) is 4. The molecule has 0 fully saturated rings. The fraction of sp³-hybridized carbons (Fsp3) is 0.286. The maximum atomic E-state index is 13.0. The number of hydrogen-bond acceptors (Lipinski definition) is 12. The van der Waals surface area contributed by atoms with E-state index in [1.807, 2.05) is 38.0 Å². The van der Waals surface area contributed by atoms with Crippen molar-refractivity contribution in [1.29, 1.82) is 0 Å². The second-order valence-electron chi connectivity index (χ2n) is 9.18. The summed E-state index contributed by atoms with van der Waals surface area (Å²) in [6, 6.07) is 15.4. The summed E-state index contributed by atoms with van der Waals surface area (Å²) in [5.74, 6) is -1.12. The minimum Gasteiger partial charge on any atom is -0.461 e. The molecular formula is C28H32N6O6. The van der Waals surface area contributed by atoms with Crippen LogP contribution in [0.15, 0.2) is 80.5 Å². The van der Waals surface area contributed by atoms with Gasteiger partial charge in [0.15, 0.2) is 5.36 Å². The van der Waals surface area contributed by atoms with E-state index < -0.39 is 28.2 Å². The Morgan fingerprint density at radius 3 is 1.68 bits per heavy atom. The van der Waals surface area contributed by atoms with Gasteiger partial charge in [-0.15, -0.1) is 0 Å². The van der Waals surface area contributed by atoms with Gasteiger partial charge in [-0.25, -0.2) is 9.59 Å². The molecule has 0 aliphatic rings. The molecule has 210 valence electrons. The minimum atomic E-state index is -0.746. The Hall–Kier alpha value is -4.68. The van der Waals surface area contributed by atoms with Gasteiger partial charge in [-0.05, 0) is 64.6 Å². The molecule has 0 aliphatic carbocycles. The first-order valence-corrected chi connectivity index (χ1v) is 12.4. The van der Waals surface area contributed by atoms with Crippen molar-refractivity contribution in [2.24, 2.45) is 10.2 Å². The summed E-state index contributed by atoms with van der Waals surface area (Å²) in [4.78, 5) is 54.3. The second-order valence-corrected chi connectivity index (χ2v) is 9.18. The molecule has 0 bridgehead atoms. The second kappa shape index (κ2) is 14.5. The van der Waals surface area contributed by atoms with Gasteiger partial charge in [0.05, 0.1) is 22.5 Å². The fourth-order valence-corrected chi connectivity index (χ4v) is 3.29. The number of anilines is 2. The standard InChI is InChI=1S/C28H32N6O6/c1-33(2)15-17-39-27(37)19-9-5-7-11-21(19)29-31-23-13-14-24(35)25(26(23)36)32-30-22-12-8-6-10-20(22)28(38)40-18-16-34(3)4/h5-14,29-30H,15-18H2,1-4H3/b31-23-,32-25-. The number of carbonyl (C=O) groups excluding carboxylic acids is 2. The summed E-state index contributed by atoms with van der Waals surface area (Å²) >= 11 is 0. The Labute approximate surface area is 230 Å². The van der Waals surface area contributed by atoms with Crippen LogP contribution in [-0.2, 0) is 9.47 Å². The Balaban J connectivity index is 1.84. The quantitative estimate of drug-likeness (QED) is 0.244. The third-order valence-corrected chi connectivity index (χ3v) is 5.50. The van der Waals surface area contributed by atoms with E-state index in [4.69, 9.17) is 9.47 Å². The summed E-state index contributed by atoms with van der Waals surface area (Å²) in [5, 5.41) is 7.55. The number of rotatable bonds is 12. The first kappa shape index (κ1) is 29.9. The van der Waals surface area contributed by atoms with Crippen molar-refractivity contribution in [3.05, 3.63) is 103 Å². The zero-order valence-electron chi connectivity index (χ0n) is 22.8. The van der Waals surface area contributed by atoms with E-state index in [0.29, 0.717) is 18.8 Å². The van der Waals surface area contributed by atoms with Crippen molar-refractivity contribution in [2.75, 3.05) is 65.3 Å². The molecule has 0 spiro atoms. The average Bonchev–Trinajstić information content (AvgIpc) is 2.92. The lowest BCUT2D eigenvalue weighted by Gasteiger charge is -2.11. The number of nitrogens with one attached hydrogen (secondary N) is 2. The molecule has 0 aromatic heterocycles. The van der Waals surface area contributed by atoms with E-state index in [0.717, 1.165) is 6.07 Å². The van der Waals surface area contributed by atoms with Gasteiger partial charge >= 0.3 is 11.9 Å². The number of hydrogen-bond donors (Lipinski definition) is 2. The molecule has 0 unspecified atom stereocenters. The molecule has 0 aliphatic heterocycles. The molecule has 40 heavy (non-hydrogen) atoms. The van der Waals surface area contributed by atoms with Gasteiger partial charge in [0.1, 0.15) is 18.6 Å². The maximum Gasteiger partial charge on any atom is 0.340 e. The van der Waals surface area contributed by atoms with Crippen LogP contribution in [0.4, 0.5) is 11.4 Å². The molecule has 3 rings (SSSR count). The zero-order chi connectivity index (χ0) is 29.1. The number of para-hydroxylation sites is 2. The lowest BCUT2D eigenvalue weighted by Crippen LogP contribution is -2.48. The van der Waals surface area contributed by atoms with E-state index in [1.165, 1.54) is 6.07 Å². The van der Waals surface area contributed by atoms with Crippen LogP contribution >= 0.6 is 0 Å². The summed E-state index contributed by atoms with van der Waals surface area (Å²) < 4.78 is 10.6. The molecule has 3 aromatic rings. The van der Waals surface area contributed by atoms with E-state index in [9.17, 15) is 19.2 Å². The molecule has 0 saturated heterocycles. The Morgan fingerprint density at radius 2 is 1.18 bits per heavy atom. The first-order chi connectivity index (χ1) is 19.2. The van der Waals surface area contributed by atoms with Gasteiger partial charge < -0.3 is 19.3 Å². The Bertz CT molecular complexity index is 1560. The van der Waals surface area contributed by atoms with E-state index in [1.54, 1.807) is 48.5 Å². The van der Waals surface area contributed by atoms with Crippen molar-refractivity contribution in [3.8, 4) is 0 Å². The summed E-state index contributed by atoms with van der Waals surface area (Å²) in [5.41, 5.74) is 4.97. The van der Waals surface area contributed by atoms with Crippen molar-refractivity contribution < 1.29 is 19.1 Å². The zero-order valence-corrected chi connectivity index (χ0v) is 22.8. The summed E-state index contributed by atoms with van der Waals surface area (Å²) in [7, 11) is 7.46. The van der Waals surface area contributed by atoms with Crippen LogP contribution in [0.3, 0.4) is 0 Å². The lowest BCUT2D eigenvalue weighted by atomic mass is 10.2. The number of esters is 2. The molecular weight excluding hydrogens is 516 g/mol. The molecule has 12 nitrogen and oxygen atoms in total. The number of carbonyl (C=O) groups is 2. The van der Waals surface area contributed by atoms with Gasteiger partial charge in [-0.3, -0.25) is 20.4 Å². The van der Waals surface area contributed by atoms with Crippen molar-refractivity contribution in [1.82, 2.24) is 9.80 Å². The van der Waals surface area contributed by atoms with Crippen molar-refractivity contribution in [3.63, 3.8) is 0 Å². The van der Waals surface area contributed by atoms with E-state index in [2.05, 4.69) is 21.1 Å². The Morgan fingerprint density at radius 1 is 0.700 bits per heavy atom. The maximum absolute atomic E-state index is 13.0. The highest BCUT2D eigenvalue weighted by molar-refractivity contribution is 5.96. The minimum absolute atomic E-state index is 0.104. The predicted molar refractivity (Wildman–Crippen MR) is 150 cm³/mol. The van der Waals surface area contributed by atoms with Gasteiger partial charge in [0.25, 0.3) is 0 Å². The van der Waals surface area contributed by atoms with Gasteiger partial charge in [-0.2, -0.15) is 10.2 Å². The number of ether oxygens (including phenoxy) is 2. The van der Waals surface area contributed by atoms with E-state index in [-0.39, 0.29) is 35.4 Å². The third kappa shape index (κ3) is 8.41. The van der Waals surface area contributed by atoms with Crippen LogP contribution < -0.4 is 32.4 Å². The molecule has 0 amide bonds. The molecule has 0 heterocycles. The molecule has 12 heteroatoms. The third-order valence-electron chi connectivity index (χ3n) is 5.50. The lowest BCUT2D eigenvalue weighted by molar-refractivity contribution is 0.0473. The largest absolute Gasteiger partial charge is 0.461 e. The van der Waals surface area contributed by atoms with Crippen LogP contribution in [0.5, 0.6) is 0 Å². The van der Waals surface area contributed by atoms with Crippen molar-refractivity contribution >= 4 is 23.3 Å². The molecule has 0 saturated carbocycles. The smallest absolute Gasteiger partial charge is 0.340 e. The van der Waals surface area contributed by atoms with Crippen LogP contribution in [0.25, 0.3) is 0 Å². The molecule has 0 radical (unpaired) electrons. The summed E-state index contributed by atoms with van der Waals surface area (Å²) in [6.45, 7) is 1.52. The highest BCUT2D eigenvalue weighted by atomic mass is 16.5. The number of benzene rings is 3. The Kier molecular flexibility index (Phi) is 10.8. The number of likely N-dealkylation sites (N-methyl/N-ethyl adjacent to an activating group) is 2. The topological polar surface area (TPSA) is 142 Å². The normalized spacial score (nSPS) is 12.1. The highest BCUT2D eigenvalue weighted by Crippen LogP contribution is 2.17. The fourth-order valence-electron chi connectivity index (χ4n) is 3.29. The van der Waals surface area contributed by atoms with Crippen LogP contribution in [0.1, 0.15) is 20.7 Å². The van der Waals surface area contributed by atoms with Crippen LogP contribution in [0, 0.1) is 0 Å². The monoisotopic (exact) mass is 548 g/mol.